The predicted octanol–water partition coefficient (Wildman–Crippen LogP) is 6.84. The number of unbranched alkanes of at least 4 members (excludes halogenated alkanes) is 1. The molecular weight excluding hydrogens is 336 g/mol. The molecule has 2 saturated carbocycles. The van der Waals surface area contributed by atoms with Crippen LogP contribution >= 0.6 is 0 Å². The van der Waals surface area contributed by atoms with Crippen LogP contribution in [0.5, 0.6) is 0 Å². The van der Waals surface area contributed by atoms with Crippen LogP contribution in [-0.4, -0.2) is 25.1 Å². The second-order valence-corrected chi connectivity index (χ2v) is 16.1. The van der Waals surface area contributed by atoms with Crippen LogP contribution in [0.3, 0.4) is 0 Å². The third kappa shape index (κ3) is 5.02. The normalized spacial score (nSPS) is 32.1. The number of allylic oxidation sites excluding steroid dienone is 2. The summed E-state index contributed by atoms with van der Waals surface area (Å²) in [6.07, 6.45) is 12.5. The molecule has 0 aromatic carbocycles. The predicted molar refractivity (Wildman–Crippen MR) is 115 cm³/mol. The summed E-state index contributed by atoms with van der Waals surface area (Å²) < 4.78 is 6.92. The molecule has 0 bridgehead atoms. The zero-order valence-corrected chi connectivity index (χ0v) is 19.7. The zero-order chi connectivity index (χ0) is 19.8. The van der Waals surface area contributed by atoms with Crippen molar-refractivity contribution in [2.75, 3.05) is 0 Å². The van der Waals surface area contributed by atoms with Gasteiger partial charge in [-0.2, -0.15) is 0 Å². The van der Waals surface area contributed by atoms with Gasteiger partial charge in [0.2, 0.25) is 0 Å². The minimum absolute atomic E-state index is 0.287. The van der Waals surface area contributed by atoms with E-state index in [-0.39, 0.29) is 5.04 Å². The Labute approximate surface area is 163 Å². The lowest BCUT2D eigenvalue weighted by molar-refractivity contribution is 0.0232. The molecule has 3 atom stereocenters. The molecule has 2 rings (SSSR count). The Bertz CT molecular complexity index is 509. The van der Waals surface area contributed by atoms with Crippen LogP contribution < -0.4 is 0 Å². The van der Waals surface area contributed by atoms with Crippen LogP contribution in [0.4, 0.5) is 0 Å². The standard InChI is InChI=1S/C23H44O2Si/c1-21(2,3)26(7,8)25-20-13-11-17-23(6)18(14-15-19(20)23)12-9-10-16-22(4,5)24/h12,19-20,24H,9-11,13-17H2,1-8H3/b18-12-/t19-,20-,23+/m0/s1. The number of hydrogen-bond acceptors (Lipinski definition) is 2. The van der Waals surface area contributed by atoms with Crippen LogP contribution in [0.2, 0.25) is 18.1 Å². The van der Waals surface area contributed by atoms with Gasteiger partial charge in [0.05, 0.1) is 5.60 Å². The van der Waals surface area contributed by atoms with Crippen molar-refractivity contribution in [3.63, 3.8) is 0 Å². The molecule has 26 heavy (non-hydrogen) atoms. The minimum atomic E-state index is -1.71. The first-order valence-electron chi connectivity index (χ1n) is 10.9. The van der Waals surface area contributed by atoms with E-state index < -0.39 is 13.9 Å². The maximum absolute atomic E-state index is 9.92. The largest absolute Gasteiger partial charge is 0.414 e. The molecule has 2 aliphatic carbocycles. The van der Waals surface area contributed by atoms with Gasteiger partial charge in [0.25, 0.3) is 0 Å². The highest BCUT2D eigenvalue weighted by atomic mass is 28.4. The maximum atomic E-state index is 9.92. The quantitative estimate of drug-likeness (QED) is 0.310. The molecule has 0 unspecified atom stereocenters. The van der Waals surface area contributed by atoms with E-state index in [4.69, 9.17) is 4.43 Å². The van der Waals surface area contributed by atoms with E-state index in [0.29, 0.717) is 17.4 Å². The number of aliphatic hydroxyl groups is 1. The summed E-state index contributed by atoms with van der Waals surface area (Å²) in [6.45, 7) is 18.2. The molecule has 3 heteroatoms. The van der Waals surface area contributed by atoms with Crippen molar-refractivity contribution in [2.24, 2.45) is 11.3 Å². The minimum Gasteiger partial charge on any atom is -0.414 e. The van der Waals surface area contributed by atoms with Crippen LogP contribution in [-0.2, 0) is 4.43 Å². The van der Waals surface area contributed by atoms with E-state index in [1.165, 1.54) is 32.1 Å². The molecule has 2 fully saturated rings. The Morgan fingerprint density at radius 1 is 1.19 bits per heavy atom. The summed E-state index contributed by atoms with van der Waals surface area (Å²) in [7, 11) is -1.71. The molecule has 152 valence electrons. The van der Waals surface area contributed by atoms with Crippen LogP contribution in [0.15, 0.2) is 11.6 Å². The summed E-state index contributed by atoms with van der Waals surface area (Å²) in [4.78, 5) is 0. The van der Waals surface area contributed by atoms with Crippen molar-refractivity contribution >= 4 is 8.32 Å². The summed E-state index contributed by atoms with van der Waals surface area (Å²) in [5, 5.41) is 10.2. The van der Waals surface area contributed by atoms with Gasteiger partial charge in [-0.3, -0.25) is 0 Å². The molecule has 2 aliphatic rings. The fourth-order valence-corrected chi connectivity index (χ4v) is 6.20. The highest BCUT2D eigenvalue weighted by Crippen LogP contribution is 2.57. The van der Waals surface area contributed by atoms with Crippen molar-refractivity contribution in [3.05, 3.63) is 11.6 Å². The van der Waals surface area contributed by atoms with Gasteiger partial charge < -0.3 is 9.53 Å². The van der Waals surface area contributed by atoms with E-state index in [9.17, 15) is 5.11 Å². The second kappa shape index (κ2) is 7.71. The fourth-order valence-electron chi connectivity index (χ4n) is 4.81. The third-order valence-electron chi connectivity index (χ3n) is 7.55. The third-order valence-corrected chi connectivity index (χ3v) is 12.1. The lowest BCUT2D eigenvalue weighted by Crippen LogP contribution is -2.49. The first-order valence-corrected chi connectivity index (χ1v) is 13.8. The average molecular weight is 381 g/mol. The Morgan fingerprint density at radius 2 is 1.85 bits per heavy atom. The van der Waals surface area contributed by atoms with Gasteiger partial charge in [-0.25, -0.2) is 0 Å². The van der Waals surface area contributed by atoms with E-state index in [0.717, 1.165) is 19.3 Å². The first kappa shape index (κ1) is 22.2. The molecule has 0 amide bonds. The van der Waals surface area contributed by atoms with Crippen molar-refractivity contribution in [1.82, 2.24) is 0 Å². The van der Waals surface area contributed by atoms with Crippen molar-refractivity contribution < 1.29 is 9.53 Å². The average Bonchev–Trinajstić information content (AvgIpc) is 2.79. The first-order chi connectivity index (χ1) is 11.8. The summed E-state index contributed by atoms with van der Waals surface area (Å²) in [5.41, 5.74) is 1.50. The van der Waals surface area contributed by atoms with Gasteiger partial charge in [0.1, 0.15) is 0 Å². The fraction of sp³-hybridized carbons (Fsp3) is 0.913. The Morgan fingerprint density at radius 3 is 2.42 bits per heavy atom. The second-order valence-electron chi connectivity index (χ2n) is 11.3. The summed E-state index contributed by atoms with van der Waals surface area (Å²) in [5.74, 6) is 0.700. The van der Waals surface area contributed by atoms with E-state index in [2.05, 4.69) is 46.9 Å². The van der Waals surface area contributed by atoms with Gasteiger partial charge in [-0.1, -0.05) is 45.8 Å². The van der Waals surface area contributed by atoms with Crippen molar-refractivity contribution in [3.8, 4) is 0 Å². The SMILES string of the molecule is CC(C)(O)CCC/C=C1/CC[C@H]2[C@@H](O[Si](C)(C)C(C)(C)C)CCC[C@]12C. The zero-order valence-electron chi connectivity index (χ0n) is 18.7. The smallest absolute Gasteiger partial charge is 0.192 e. The Hall–Kier alpha value is -0.123. The monoisotopic (exact) mass is 380 g/mol. The maximum Gasteiger partial charge on any atom is 0.192 e. The molecule has 0 aromatic heterocycles. The van der Waals surface area contributed by atoms with Crippen LogP contribution in [0.1, 0.15) is 92.9 Å². The molecular formula is C23H44O2Si. The number of rotatable bonds is 6. The summed E-state index contributed by atoms with van der Waals surface area (Å²) in [6, 6.07) is 0. The van der Waals surface area contributed by atoms with E-state index in [1.807, 2.05) is 13.8 Å². The highest BCUT2D eigenvalue weighted by Gasteiger charge is 2.51. The van der Waals surface area contributed by atoms with Gasteiger partial charge in [-0.15, -0.1) is 0 Å². The van der Waals surface area contributed by atoms with Gasteiger partial charge in [0.15, 0.2) is 8.32 Å². The van der Waals surface area contributed by atoms with Crippen LogP contribution in [0, 0.1) is 11.3 Å². The molecule has 0 aliphatic heterocycles. The molecule has 1 N–H and O–H groups in total. The van der Waals surface area contributed by atoms with Gasteiger partial charge in [-0.05, 0) is 88.3 Å². The molecule has 0 saturated heterocycles. The molecule has 0 radical (unpaired) electrons. The molecule has 0 aromatic rings. The van der Waals surface area contributed by atoms with Gasteiger partial charge >= 0.3 is 0 Å². The number of fused-ring (bicyclic) bond motifs is 1. The van der Waals surface area contributed by atoms with Crippen molar-refractivity contribution in [2.45, 2.75) is 123 Å². The molecule has 0 heterocycles. The van der Waals surface area contributed by atoms with Crippen LogP contribution in [0.25, 0.3) is 0 Å². The van der Waals surface area contributed by atoms with E-state index >= 15 is 0 Å². The van der Waals surface area contributed by atoms with E-state index in [1.54, 1.807) is 5.57 Å². The summed E-state index contributed by atoms with van der Waals surface area (Å²) >= 11 is 0. The molecule has 0 spiro atoms. The molecule has 2 nitrogen and oxygen atoms in total. The lowest BCUT2D eigenvalue weighted by Gasteiger charge is -2.47. The van der Waals surface area contributed by atoms with Crippen molar-refractivity contribution in [1.29, 1.82) is 0 Å². The topological polar surface area (TPSA) is 29.5 Å². The Balaban J connectivity index is 2.05. The number of hydrogen-bond donors (Lipinski definition) is 1. The lowest BCUT2D eigenvalue weighted by atomic mass is 9.66. The highest BCUT2D eigenvalue weighted by molar-refractivity contribution is 6.74. The van der Waals surface area contributed by atoms with Gasteiger partial charge in [0, 0.05) is 6.10 Å². The Kier molecular flexibility index (Phi) is 6.58.